The van der Waals surface area contributed by atoms with Gasteiger partial charge < -0.3 is 15.0 Å². The van der Waals surface area contributed by atoms with E-state index in [0.29, 0.717) is 25.1 Å². The lowest BCUT2D eigenvalue weighted by molar-refractivity contribution is -0.127. The van der Waals surface area contributed by atoms with Crippen molar-refractivity contribution in [3.8, 4) is 5.75 Å². The summed E-state index contributed by atoms with van der Waals surface area (Å²) in [6.45, 7) is 3.17. The molecule has 1 aliphatic rings. The molecular weight excluding hydrogens is 328 g/mol. The normalized spacial score (nSPS) is 16.6. The Morgan fingerprint density at radius 1 is 1.23 bits per heavy atom. The molecule has 136 valence electrons. The van der Waals surface area contributed by atoms with Crippen LogP contribution in [0, 0.1) is 6.92 Å². The second-order valence-electron chi connectivity index (χ2n) is 6.68. The van der Waals surface area contributed by atoms with E-state index in [-0.39, 0.29) is 17.9 Å². The number of nitrogens with zero attached hydrogens (tertiary/aromatic N) is 1. The van der Waals surface area contributed by atoms with Gasteiger partial charge in [0.05, 0.1) is 13.2 Å². The van der Waals surface area contributed by atoms with Gasteiger partial charge in [0, 0.05) is 25.1 Å². The second kappa shape index (κ2) is 8.04. The van der Waals surface area contributed by atoms with Crippen LogP contribution in [0.1, 0.15) is 27.9 Å². The van der Waals surface area contributed by atoms with E-state index >= 15 is 0 Å². The van der Waals surface area contributed by atoms with Crippen LogP contribution in [0.3, 0.4) is 0 Å². The van der Waals surface area contributed by atoms with Gasteiger partial charge in [-0.3, -0.25) is 9.59 Å². The number of benzene rings is 2. The maximum Gasteiger partial charge on any atom is 0.251 e. The molecule has 2 amide bonds. The quantitative estimate of drug-likeness (QED) is 0.869. The summed E-state index contributed by atoms with van der Waals surface area (Å²) in [4.78, 5) is 26.4. The molecule has 3 rings (SSSR count). The summed E-state index contributed by atoms with van der Waals surface area (Å²) >= 11 is 0. The molecule has 0 spiro atoms. The summed E-state index contributed by atoms with van der Waals surface area (Å²) in [6, 6.07) is 15.2. The van der Waals surface area contributed by atoms with Crippen LogP contribution >= 0.6 is 0 Å². The lowest BCUT2D eigenvalue weighted by atomic mass is 10.1. The Morgan fingerprint density at radius 2 is 2.00 bits per heavy atom. The van der Waals surface area contributed by atoms with E-state index in [1.54, 1.807) is 13.2 Å². The number of aryl methyl sites for hydroxylation is 1. The zero-order valence-corrected chi connectivity index (χ0v) is 15.2. The second-order valence-corrected chi connectivity index (χ2v) is 6.68. The average Bonchev–Trinajstić information content (AvgIpc) is 2.99. The predicted octanol–water partition coefficient (Wildman–Crippen LogP) is 2.58. The highest BCUT2D eigenvalue weighted by Crippen LogP contribution is 2.15. The summed E-state index contributed by atoms with van der Waals surface area (Å²) in [5.74, 6) is 0.793. The predicted molar refractivity (Wildman–Crippen MR) is 100 cm³/mol. The Bertz CT molecular complexity index is 786. The number of nitrogens with one attached hydrogen (secondary N) is 1. The first kappa shape index (κ1) is 18.0. The molecule has 5 nitrogen and oxygen atoms in total. The fourth-order valence-electron chi connectivity index (χ4n) is 3.20. The number of ether oxygens (including phenoxy) is 1. The summed E-state index contributed by atoms with van der Waals surface area (Å²) in [5.41, 5.74) is 2.83. The minimum atomic E-state index is -0.133. The molecule has 0 aliphatic carbocycles. The fourth-order valence-corrected chi connectivity index (χ4v) is 3.20. The van der Waals surface area contributed by atoms with E-state index in [2.05, 4.69) is 5.32 Å². The van der Waals surface area contributed by atoms with Crippen molar-refractivity contribution < 1.29 is 14.3 Å². The van der Waals surface area contributed by atoms with Crippen molar-refractivity contribution in [2.24, 2.45) is 0 Å². The maximum atomic E-state index is 12.4. The molecular formula is C21H24N2O3. The number of amides is 2. The van der Waals surface area contributed by atoms with Crippen LogP contribution in [0.5, 0.6) is 5.75 Å². The lowest BCUT2D eigenvalue weighted by Gasteiger charge is -2.17. The van der Waals surface area contributed by atoms with Crippen molar-refractivity contribution in [1.82, 2.24) is 10.2 Å². The molecule has 0 radical (unpaired) electrons. The minimum Gasteiger partial charge on any atom is -0.497 e. The van der Waals surface area contributed by atoms with Crippen LogP contribution in [0.2, 0.25) is 0 Å². The Hall–Kier alpha value is -2.82. The number of hydrogen-bond donors (Lipinski definition) is 1. The third kappa shape index (κ3) is 4.42. The SMILES string of the molecule is COc1ccc(CCN2C[C@@H](NC(=O)c3cccc(C)c3)CC2=O)cc1. The van der Waals surface area contributed by atoms with Crippen LogP contribution in [-0.4, -0.2) is 43.0 Å². The van der Waals surface area contributed by atoms with Crippen molar-refractivity contribution in [1.29, 1.82) is 0 Å². The first-order chi connectivity index (χ1) is 12.5. The molecule has 0 saturated carbocycles. The van der Waals surface area contributed by atoms with E-state index in [1.165, 1.54) is 0 Å². The summed E-state index contributed by atoms with van der Waals surface area (Å²) in [5, 5.41) is 2.98. The van der Waals surface area contributed by atoms with Gasteiger partial charge in [-0.15, -0.1) is 0 Å². The number of methoxy groups -OCH3 is 1. The standard InChI is InChI=1S/C21H24N2O3/c1-15-4-3-5-17(12-15)21(25)22-18-13-20(24)23(14-18)11-10-16-6-8-19(26-2)9-7-16/h3-9,12,18H,10-11,13-14H2,1-2H3,(H,22,25)/t18-/m0/s1. The summed E-state index contributed by atoms with van der Waals surface area (Å²) in [6.07, 6.45) is 1.15. The van der Waals surface area contributed by atoms with Crippen molar-refractivity contribution in [3.63, 3.8) is 0 Å². The number of carbonyl (C=O) groups is 2. The summed E-state index contributed by atoms with van der Waals surface area (Å²) in [7, 11) is 1.64. The number of likely N-dealkylation sites (tertiary alicyclic amines) is 1. The Balaban J connectivity index is 1.52. The fraction of sp³-hybridized carbons (Fsp3) is 0.333. The first-order valence-corrected chi connectivity index (χ1v) is 8.83. The van der Waals surface area contributed by atoms with Crippen LogP contribution < -0.4 is 10.1 Å². The molecule has 0 unspecified atom stereocenters. The Morgan fingerprint density at radius 3 is 2.69 bits per heavy atom. The van der Waals surface area contributed by atoms with E-state index in [1.807, 2.05) is 54.3 Å². The Labute approximate surface area is 154 Å². The highest BCUT2D eigenvalue weighted by Gasteiger charge is 2.30. The van der Waals surface area contributed by atoms with E-state index in [4.69, 9.17) is 4.74 Å². The molecule has 1 atom stereocenters. The van der Waals surface area contributed by atoms with Gasteiger partial charge in [0.2, 0.25) is 5.91 Å². The van der Waals surface area contributed by atoms with E-state index < -0.39 is 0 Å². The minimum absolute atomic E-state index is 0.0908. The molecule has 1 saturated heterocycles. The van der Waals surface area contributed by atoms with Gasteiger partial charge in [-0.05, 0) is 43.2 Å². The monoisotopic (exact) mass is 352 g/mol. The number of rotatable bonds is 6. The van der Waals surface area contributed by atoms with Gasteiger partial charge in [0.25, 0.3) is 5.91 Å². The average molecular weight is 352 g/mol. The third-order valence-electron chi connectivity index (χ3n) is 4.66. The molecule has 26 heavy (non-hydrogen) atoms. The van der Waals surface area contributed by atoms with Gasteiger partial charge in [0.1, 0.15) is 5.75 Å². The maximum absolute atomic E-state index is 12.4. The van der Waals surface area contributed by atoms with Gasteiger partial charge in [-0.1, -0.05) is 29.8 Å². The van der Waals surface area contributed by atoms with Crippen LogP contribution in [-0.2, 0) is 11.2 Å². The molecule has 1 N–H and O–H groups in total. The van der Waals surface area contributed by atoms with Gasteiger partial charge in [0.15, 0.2) is 0 Å². The Kier molecular flexibility index (Phi) is 5.56. The largest absolute Gasteiger partial charge is 0.497 e. The van der Waals surface area contributed by atoms with Gasteiger partial charge in [-0.25, -0.2) is 0 Å². The molecule has 0 aromatic heterocycles. The topological polar surface area (TPSA) is 58.6 Å². The smallest absolute Gasteiger partial charge is 0.251 e. The van der Waals surface area contributed by atoms with Crippen molar-refractivity contribution in [2.75, 3.05) is 20.2 Å². The van der Waals surface area contributed by atoms with Crippen LogP contribution in [0.25, 0.3) is 0 Å². The molecule has 2 aromatic rings. The first-order valence-electron chi connectivity index (χ1n) is 8.83. The summed E-state index contributed by atoms with van der Waals surface area (Å²) < 4.78 is 5.15. The molecule has 1 aliphatic heterocycles. The van der Waals surface area contributed by atoms with Gasteiger partial charge in [-0.2, -0.15) is 0 Å². The molecule has 2 aromatic carbocycles. The van der Waals surface area contributed by atoms with Crippen LogP contribution in [0.4, 0.5) is 0 Å². The zero-order valence-electron chi connectivity index (χ0n) is 15.2. The van der Waals surface area contributed by atoms with Crippen molar-refractivity contribution >= 4 is 11.8 Å². The zero-order chi connectivity index (χ0) is 18.5. The molecule has 0 bridgehead atoms. The molecule has 5 heteroatoms. The van der Waals surface area contributed by atoms with Crippen molar-refractivity contribution in [3.05, 3.63) is 65.2 Å². The van der Waals surface area contributed by atoms with E-state index in [0.717, 1.165) is 23.3 Å². The number of carbonyl (C=O) groups excluding carboxylic acids is 2. The third-order valence-corrected chi connectivity index (χ3v) is 4.66. The highest BCUT2D eigenvalue weighted by atomic mass is 16.5. The van der Waals surface area contributed by atoms with Crippen LogP contribution in [0.15, 0.2) is 48.5 Å². The molecule has 1 fully saturated rings. The van der Waals surface area contributed by atoms with Crippen molar-refractivity contribution in [2.45, 2.75) is 25.8 Å². The lowest BCUT2D eigenvalue weighted by Crippen LogP contribution is -2.37. The van der Waals surface area contributed by atoms with Gasteiger partial charge >= 0.3 is 0 Å². The molecule has 1 heterocycles. The highest BCUT2D eigenvalue weighted by molar-refractivity contribution is 5.95. The number of hydrogen-bond acceptors (Lipinski definition) is 3. The van der Waals surface area contributed by atoms with E-state index in [9.17, 15) is 9.59 Å².